The van der Waals surface area contributed by atoms with Crippen LogP contribution in [0.5, 0.6) is 0 Å². The smallest absolute Gasteiger partial charge is 0.337 e. The molecule has 0 saturated carbocycles. The second-order valence-corrected chi connectivity index (χ2v) is 4.06. The molecule has 0 spiro atoms. The quantitative estimate of drug-likeness (QED) is 0.472. The van der Waals surface area contributed by atoms with Crippen molar-refractivity contribution in [3.63, 3.8) is 0 Å². The van der Waals surface area contributed by atoms with E-state index < -0.39 is 23.3 Å². The van der Waals surface area contributed by atoms with Crippen LogP contribution in [0, 0.1) is 0 Å². The van der Waals surface area contributed by atoms with Gasteiger partial charge in [-0.2, -0.15) is 0 Å². The van der Waals surface area contributed by atoms with E-state index in [0.29, 0.717) is 4.90 Å². The third-order valence-corrected chi connectivity index (χ3v) is 2.92. The number of carbonyl (C=O) groups is 4. The first kappa shape index (κ1) is 12.0. The number of carbonyl (C=O) groups excluding carboxylic acids is 3. The fraction of sp³-hybridized carbons (Fsp3) is 0.167. The van der Waals surface area contributed by atoms with Gasteiger partial charge < -0.3 is 9.90 Å². The predicted molar refractivity (Wildman–Crippen MR) is 59.0 cm³/mol. The highest BCUT2D eigenvalue weighted by atomic mass is 16.4. The number of benzene rings is 1. The Hall–Kier alpha value is -2.50. The fourth-order valence-corrected chi connectivity index (χ4v) is 1.81. The van der Waals surface area contributed by atoms with Crippen LogP contribution in [-0.4, -0.2) is 39.6 Å². The topological polar surface area (TPSA) is 91.8 Å². The molecule has 0 saturated heterocycles. The van der Waals surface area contributed by atoms with Crippen LogP contribution in [-0.2, 0) is 9.59 Å². The Morgan fingerprint density at radius 3 is 2.00 bits per heavy atom. The summed E-state index contributed by atoms with van der Waals surface area (Å²) in [6.07, 6.45) is 0.0804. The van der Waals surface area contributed by atoms with E-state index in [0.717, 1.165) is 6.92 Å². The van der Waals surface area contributed by atoms with E-state index in [1.165, 1.54) is 12.1 Å². The van der Waals surface area contributed by atoms with Crippen molar-refractivity contribution in [3.8, 4) is 0 Å². The van der Waals surface area contributed by atoms with Crippen molar-refractivity contribution in [1.82, 2.24) is 4.90 Å². The highest BCUT2D eigenvalue weighted by molar-refractivity contribution is 6.25. The zero-order valence-electron chi connectivity index (χ0n) is 9.41. The first-order valence-corrected chi connectivity index (χ1v) is 5.11. The summed E-state index contributed by atoms with van der Waals surface area (Å²) < 4.78 is 0. The molecule has 1 heterocycles. The van der Waals surface area contributed by atoms with E-state index in [1.54, 1.807) is 12.1 Å². The van der Waals surface area contributed by atoms with Crippen LogP contribution < -0.4 is 0 Å². The van der Waals surface area contributed by atoms with Crippen molar-refractivity contribution in [2.24, 2.45) is 0 Å². The SMILES string of the molecule is C[C@@](C=O)(C(=O)O)N1C(=O)c2ccccc2C1=O. The number of carboxylic acid groups (broad SMARTS) is 1. The highest BCUT2D eigenvalue weighted by Crippen LogP contribution is 2.28. The first-order chi connectivity index (χ1) is 8.43. The molecule has 2 amide bonds. The molecule has 2 rings (SSSR count). The fourth-order valence-electron chi connectivity index (χ4n) is 1.81. The molecule has 0 radical (unpaired) electrons. The molecule has 1 aromatic carbocycles. The van der Waals surface area contributed by atoms with Gasteiger partial charge >= 0.3 is 5.97 Å². The van der Waals surface area contributed by atoms with E-state index in [4.69, 9.17) is 5.11 Å². The van der Waals surface area contributed by atoms with Gasteiger partial charge in [-0.3, -0.25) is 14.5 Å². The normalized spacial score (nSPS) is 17.3. The summed E-state index contributed by atoms with van der Waals surface area (Å²) in [5, 5.41) is 9.03. The van der Waals surface area contributed by atoms with Crippen molar-refractivity contribution in [3.05, 3.63) is 35.4 Å². The summed E-state index contributed by atoms with van der Waals surface area (Å²) in [5.41, 5.74) is -1.97. The minimum Gasteiger partial charge on any atom is -0.479 e. The molecule has 6 nitrogen and oxygen atoms in total. The van der Waals surface area contributed by atoms with Crippen molar-refractivity contribution in [2.75, 3.05) is 0 Å². The first-order valence-electron chi connectivity index (χ1n) is 5.11. The van der Waals surface area contributed by atoms with E-state index in [9.17, 15) is 19.2 Å². The number of nitrogens with zero attached hydrogens (tertiary/aromatic N) is 1. The summed E-state index contributed by atoms with van der Waals surface area (Å²) in [6, 6.07) is 5.96. The van der Waals surface area contributed by atoms with Crippen LogP contribution in [0.2, 0.25) is 0 Å². The van der Waals surface area contributed by atoms with Gasteiger partial charge in [0, 0.05) is 0 Å². The Kier molecular flexibility index (Phi) is 2.50. The molecule has 1 aromatic rings. The predicted octanol–water partition coefficient (Wildman–Crippen LogP) is 0.325. The maximum absolute atomic E-state index is 12.0. The van der Waals surface area contributed by atoms with Gasteiger partial charge in [0.2, 0.25) is 5.54 Å². The Labute approximate surface area is 102 Å². The van der Waals surface area contributed by atoms with E-state index in [1.807, 2.05) is 0 Å². The van der Waals surface area contributed by atoms with Gasteiger partial charge in [0.05, 0.1) is 11.1 Å². The molecular formula is C12H9NO5. The second-order valence-electron chi connectivity index (χ2n) is 4.06. The number of hydrogen-bond acceptors (Lipinski definition) is 4. The van der Waals surface area contributed by atoms with Gasteiger partial charge in [0.1, 0.15) is 0 Å². The number of hydrogen-bond donors (Lipinski definition) is 1. The average molecular weight is 247 g/mol. The molecular weight excluding hydrogens is 238 g/mol. The molecule has 0 bridgehead atoms. The van der Waals surface area contributed by atoms with Crippen LogP contribution in [0.3, 0.4) is 0 Å². The Morgan fingerprint density at radius 1 is 1.22 bits per heavy atom. The molecule has 0 fully saturated rings. The molecule has 18 heavy (non-hydrogen) atoms. The van der Waals surface area contributed by atoms with Gasteiger partial charge in [-0.05, 0) is 19.1 Å². The minimum absolute atomic E-state index is 0.0804. The monoisotopic (exact) mass is 247 g/mol. The van der Waals surface area contributed by atoms with Crippen LogP contribution in [0.15, 0.2) is 24.3 Å². The Balaban J connectivity index is 2.58. The molecule has 6 heteroatoms. The number of carboxylic acids is 1. The minimum atomic E-state index is -2.19. The number of amides is 2. The number of fused-ring (bicyclic) bond motifs is 1. The van der Waals surface area contributed by atoms with E-state index >= 15 is 0 Å². The maximum Gasteiger partial charge on any atom is 0.337 e. The van der Waals surface area contributed by atoms with Gasteiger partial charge in [-0.1, -0.05) is 12.1 Å². The summed E-state index contributed by atoms with van der Waals surface area (Å²) in [6.45, 7) is 1.02. The summed E-state index contributed by atoms with van der Waals surface area (Å²) in [5.74, 6) is -3.09. The second kappa shape index (κ2) is 3.76. The number of aldehydes is 1. The molecule has 92 valence electrons. The van der Waals surface area contributed by atoms with Gasteiger partial charge in [0.15, 0.2) is 6.29 Å². The van der Waals surface area contributed by atoms with Crippen molar-refractivity contribution in [1.29, 1.82) is 0 Å². The van der Waals surface area contributed by atoms with Crippen LogP contribution in [0.4, 0.5) is 0 Å². The van der Waals surface area contributed by atoms with Gasteiger partial charge in [-0.15, -0.1) is 0 Å². The number of aliphatic carboxylic acids is 1. The molecule has 1 atom stereocenters. The Bertz CT molecular complexity index is 545. The lowest BCUT2D eigenvalue weighted by Gasteiger charge is -2.27. The average Bonchev–Trinajstić information content (AvgIpc) is 2.62. The molecule has 1 N–H and O–H groups in total. The summed E-state index contributed by atoms with van der Waals surface area (Å²) in [7, 11) is 0. The highest BCUT2D eigenvalue weighted by Gasteiger charge is 2.51. The van der Waals surface area contributed by atoms with Gasteiger partial charge in [-0.25, -0.2) is 4.79 Å². The van der Waals surface area contributed by atoms with E-state index in [2.05, 4.69) is 0 Å². The molecule has 0 unspecified atom stereocenters. The summed E-state index contributed by atoms with van der Waals surface area (Å²) >= 11 is 0. The zero-order valence-corrected chi connectivity index (χ0v) is 9.41. The van der Waals surface area contributed by atoms with Gasteiger partial charge in [0.25, 0.3) is 11.8 Å². The molecule has 0 aliphatic carbocycles. The molecule has 0 aromatic heterocycles. The lowest BCUT2D eigenvalue weighted by atomic mass is 10.0. The molecule has 1 aliphatic heterocycles. The van der Waals surface area contributed by atoms with Crippen LogP contribution >= 0.6 is 0 Å². The lowest BCUT2D eigenvalue weighted by Crippen LogP contribution is -2.56. The standard InChI is InChI=1S/C12H9NO5/c1-12(6-14,11(17)18)13-9(15)7-4-2-3-5-8(7)10(13)16/h2-6H,1H3,(H,17,18)/t12-/m1/s1. The largest absolute Gasteiger partial charge is 0.479 e. The maximum atomic E-state index is 12.0. The van der Waals surface area contributed by atoms with Crippen molar-refractivity contribution < 1.29 is 24.3 Å². The lowest BCUT2D eigenvalue weighted by molar-refractivity contribution is -0.149. The number of imide groups is 1. The number of rotatable bonds is 3. The van der Waals surface area contributed by atoms with Crippen molar-refractivity contribution in [2.45, 2.75) is 12.5 Å². The third kappa shape index (κ3) is 1.35. The van der Waals surface area contributed by atoms with Crippen LogP contribution in [0.1, 0.15) is 27.6 Å². The van der Waals surface area contributed by atoms with Crippen molar-refractivity contribution >= 4 is 24.1 Å². The third-order valence-electron chi connectivity index (χ3n) is 2.92. The van der Waals surface area contributed by atoms with E-state index in [-0.39, 0.29) is 17.4 Å². The van der Waals surface area contributed by atoms with Crippen LogP contribution in [0.25, 0.3) is 0 Å². The molecule has 1 aliphatic rings. The Morgan fingerprint density at radius 2 is 1.67 bits per heavy atom. The summed E-state index contributed by atoms with van der Waals surface area (Å²) in [4.78, 5) is 46.6. The zero-order chi connectivity index (χ0) is 13.5.